The van der Waals surface area contributed by atoms with Crippen LogP contribution >= 0.6 is 11.3 Å². The van der Waals surface area contributed by atoms with Gasteiger partial charge in [0.25, 0.3) is 0 Å². The van der Waals surface area contributed by atoms with Crippen LogP contribution in [0.2, 0.25) is 0 Å². The van der Waals surface area contributed by atoms with E-state index in [9.17, 15) is 13.2 Å². The predicted octanol–water partition coefficient (Wildman–Crippen LogP) is 5.38. The molecule has 224 valence electrons. The van der Waals surface area contributed by atoms with Crippen molar-refractivity contribution < 1.29 is 27.4 Å². The Morgan fingerprint density at radius 2 is 1.66 bits per heavy atom. The van der Waals surface area contributed by atoms with Gasteiger partial charge in [0.2, 0.25) is 15.9 Å². The molecule has 1 amide bonds. The molecule has 0 radical (unpaired) electrons. The number of methoxy groups -OCH3 is 2. The van der Waals surface area contributed by atoms with Crippen LogP contribution in [0.5, 0.6) is 11.5 Å². The van der Waals surface area contributed by atoms with E-state index in [-0.39, 0.29) is 23.9 Å². The van der Waals surface area contributed by atoms with Crippen molar-refractivity contribution in [2.75, 3.05) is 47.1 Å². The zero-order chi connectivity index (χ0) is 30.0. The number of thiophene rings is 1. The van der Waals surface area contributed by atoms with Gasteiger partial charge in [-0.3, -0.25) is 4.79 Å². The number of ether oxygens (including phenoxy) is 3. The molecule has 0 spiro atoms. The maximum absolute atomic E-state index is 14.0. The van der Waals surface area contributed by atoms with Gasteiger partial charge in [0, 0.05) is 31.2 Å². The fourth-order valence-electron chi connectivity index (χ4n) is 4.91. The molecule has 0 atom stereocenters. The average Bonchev–Trinajstić information content (AvgIpc) is 3.44. The first-order valence-corrected chi connectivity index (χ1v) is 16.1. The Labute approximate surface area is 248 Å². The van der Waals surface area contributed by atoms with Crippen LogP contribution in [0.1, 0.15) is 40.5 Å². The fraction of sp³-hybridized carbons (Fsp3) is 0.452. The average molecular weight is 603 g/mol. The van der Waals surface area contributed by atoms with E-state index in [1.165, 1.54) is 4.31 Å². The molecule has 2 aromatic carbocycles. The van der Waals surface area contributed by atoms with Crippen molar-refractivity contribution in [2.45, 2.75) is 52.0 Å². The minimum Gasteiger partial charge on any atom is -0.493 e. The number of aryl methyl sites for hydroxylation is 3. The van der Waals surface area contributed by atoms with Crippen molar-refractivity contribution in [3.63, 3.8) is 0 Å². The number of carbonyl (C=O) groups excluding carboxylic acids is 1. The topological polar surface area (TPSA) is 85.4 Å². The second kappa shape index (κ2) is 15.3. The van der Waals surface area contributed by atoms with E-state index in [2.05, 4.69) is 0 Å². The van der Waals surface area contributed by atoms with Crippen LogP contribution in [0.3, 0.4) is 0 Å². The third-order valence-electron chi connectivity index (χ3n) is 6.81. The van der Waals surface area contributed by atoms with Crippen LogP contribution < -0.4 is 9.47 Å². The van der Waals surface area contributed by atoms with E-state index in [4.69, 9.17) is 14.2 Å². The first-order valence-electron chi connectivity index (χ1n) is 13.8. The van der Waals surface area contributed by atoms with Gasteiger partial charge in [0.1, 0.15) is 0 Å². The molecular weight excluding hydrogens is 560 g/mol. The number of carbonyl (C=O) groups is 1. The van der Waals surface area contributed by atoms with Crippen LogP contribution in [-0.4, -0.2) is 70.6 Å². The van der Waals surface area contributed by atoms with Crippen molar-refractivity contribution >= 4 is 27.3 Å². The second-order valence-electron chi connectivity index (χ2n) is 9.95. The highest BCUT2D eigenvalue weighted by Gasteiger charge is 2.31. The highest BCUT2D eigenvalue weighted by molar-refractivity contribution is 7.89. The molecule has 10 heteroatoms. The summed E-state index contributed by atoms with van der Waals surface area (Å²) in [6.07, 6.45) is 1.06. The molecule has 0 bridgehead atoms. The smallest absolute Gasteiger partial charge is 0.244 e. The third kappa shape index (κ3) is 8.78. The molecule has 1 heterocycles. The monoisotopic (exact) mass is 602 g/mol. The maximum Gasteiger partial charge on any atom is 0.244 e. The van der Waals surface area contributed by atoms with E-state index >= 15 is 0 Å². The van der Waals surface area contributed by atoms with E-state index < -0.39 is 10.0 Å². The molecule has 0 aliphatic heterocycles. The summed E-state index contributed by atoms with van der Waals surface area (Å²) in [6.45, 7) is 9.17. The van der Waals surface area contributed by atoms with Gasteiger partial charge in [0.05, 0.1) is 32.2 Å². The Bertz CT molecular complexity index is 1370. The van der Waals surface area contributed by atoms with Gasteiger partial charge >= 0.3 is 0 Å². The molecule has 3 rings (SSSR count). The summed E-state index contributed by atoms with van der Waals surface area (Å²) < 4.78 is 45.6. The Balaban J connectivity index is 1.88. The van der Waals surface area contributed by atoms with Crippen molar-refractivity contribution in [2.24, 2.45) is 0 Å². The Hall–Kier alpha value is -2.92. The molecule has 0 fully saturated rings. The summed E-state index contributed by atoms with van der Waals surface area (Å²) in [7, 11) is -0.759. The van der Waals surface area contributed by atoms with Crippen LogP contribution in [-0.2, 0) is 32.5 Å². The van der Waals surface area contributed by atoms with Gasteiger partial charge in [-0.05, 0) is 80.8 Å². The molecule has 0 aliphatic rings. The second-order valence-corrected chi connectivity index (χ2v) is 12.9. The van der Waals surface area contributed by atoms with Crippen molar-refractivity contribution in [1.29, 1.82) is 0 Å². The van der Waals surface area contributed by atoms with Crippen LogP contribution in [0.25, 0.3) is 0 Å². The SMILES string of the molecule is CCOCCCN(CC(=O)N(CCc1ccc(OC)c(OC)c1)Cc1cccs1)S(=O)(=O)c1c(C)cc(C)cc1C. The molecule has 0 saturated carbocycles. The number of rotatable bonds is 16. The van der Waals surface area contributed by atoms with Crippen LogP contribution in [0, 0.1) is 20.8 Å². The summed E-state index contributed by atoms with van der Waals surface area (Å²) in [5.41, 5.74) is 3.33. The summed E-state index contributed by atoms with van der Waals surface area (Å²) in [5, 5.41) is 1.97. The van der Waals surface area contributed by atoms with E-state index in [1.54, 1.807) is 44.3 Å². The summed E-state index contributed by atoms with van der Waals surface area (Å²) in [5.74, 6) is 1.01. The highest BCUT2D eigenvalue weighted by atomic mass is 32.2. The Morgan fingerprint density at radius 1 is 0.951 bits per heavy atom. The fourth-order valence-corrected chi connectivity index (χ4v) is 7.47. The lowest BCUT2D eigenvalue weighted by atomic mass is 10.1. The lowest BCUT2D eigenvalue weighted by molar-refractivity contribution is -0.132. The zero-order valence-electron chi connectivity index (χ0n) is 24.9. The minimum absolute atomic E-state index is 0.184. The van der Waals surface area contributed by atoms with Gasteiger partial charge in [-0.1, -0.05) is 29.8 Å². The highest BCUT2D eigenvalue weighted by Crippen LogP contribution is 2.28. The van der Waals surface area contributed by atoms with Crippen molar-refractivity contribution in [1.82, 2.24) is 9.21 Å². The molecule has 0 saturated heterocycles. The first-order chi connectivity index (χ1) is 19.6. The van der Waals surface area contributed by atoms with Gasteiger partial charge < -0.3 is 19.1 Å². The lowest BCUT2D eigenvalue weighted by Gasteiger charge is -2.28. The first kappa shape index (κ1) is 32.6. The number of sulfonamides is 1. The summed E-state index contributed by atoms with van der Waals surface area (Å²) >= 11 is 1.57. The molecule has 41 heavy (non-hydrogen) atoms. The van der Waals surface area contributed by atoms with Gasteiger partial charge in [-0.2, -0.15) is 4.31 Å². The molecular formula is C31H42N2O6S2. The van der Waals surface area contributed by atoms with Crippen LogP contribution in [0.15, 0.2) is 52.7 Å². The van der Waals surface area contributed by atoms with Gasteiger partial charge in [-0.15, -0.1) is 11.3 Å². The van der Waals surface area contributed by atoms with Gasteiger partial charge in [-0.25, -0.2) is 8.42 Å². The quantitative estimate of drug-likeness (QED) is 0.205. The van der Waals surface area contributed by atoms with Crippen LogP contribution in [0.4, 0.5) is 0 Å². The molecule has 8 nitrogen and oxygen atoms in total. The number of benzene rings is 2. The Morgan fingerprint density at radius 3 is 2.27 bits per heavy atom. The summed E-state index contributed by atoms with van der Waals surface area (Å²) in [6, 6.07) is 13.4. The third-order valence-corrected chi connectivity index (χ3v) is 9.82. The maximum atomic E-state index is 14.0. The van der Waals surface area contributed by atoms with E-state index in [1.807, 2.05) is 61.7 Å². The number of nitrogens with zero attached hydrogens (tertiary/aromatic N) is 2. The zero-order valence-corrected chi connectivity index (χ0v) is 26.6. The molecule has 0 N–H and O–H groups in total. The Kier molecular flexibility index (Phi) is 12.2. The molecule has 0 aliphatic carbocycles. The summed E-state index contributed by atoms with van der Waals surface area (Å²) in [4.78, 5) is 16.9. The van der Waals surface area contributed by atoms with Gasteiger partial charge in [0.15, 0.2) is 11.5 Å². The number of amides is 1. The minimum atomic E-state index is -3.94. The van der Waals surface area contributed by atoms with Crippen molar-refractivity contribution in [3.05, 3.63) is 75.0 Å². The van der Waals surface area contributed by atoms with E-state index in [0.717, 1.165) is 16.0 Å². The van der Waals surface area contributed by atoms with Crippen molar-refractivity contribution in [3.8, 4) is 11.5 Å². The predicted molar refractivity (Wildman–Crippen MR) is 164 cm³/mol. The normalized spacial score (nSPS) is 11.6. The van der Waals surface area contributed by atoms with E-state index in [0.29, 0.717) is 61.8 Å². The standard InChI is InChI=1S/C31H42N2O6S2/c1-7-39-16-9-14-33(41(35,36)31-24(3)18-23(2)19-25(31)4)22-30(34)32(21-27-10-8-17-40-27)15-13-26-11-12-28(37-5)29(20-26)38-6/h8,10-12,17-20H,7,9,13-16,21-22H2,1-6H3. The molecule has 0 unspecified atom stereocenters. The largest absolute Gasteiger partial charge is 0.493 e. The number of hydrogen-bond donors (Lipinski definition) is 0. The number of hydrogen-bond acceptors (Lipinski definition) is 7. The molecule has 3 aromatic rings. The lowest BCUT2D eigenvalue weighted by Crippen LogP contribution is -2.44. The molecule has 1 aromatic heterocycles.